The average molecular weight is 333 g/mol. The van der Waals surface area contributed by atoms with Crippen LogP contribution in [-0.4, -0.2) is 29.5 Å². The van der Waals surface area contributed by atoms with Crippen LogP contribution in [0.1, 0.15) is 22.8 Å². The van der Waals surface area contributed by atoms with Crippen LogP contribution in [0.2, 0.25) is 0 Å². The van der Waals surface area contributed by atoms with Crippen LogP contribution in [0, 0.1) is 0 Å². The van der Waals surface area contributed by atoms with Crippen LogP contribution in [0.4, 0.5) is 11.4 Å². The van der Waals surface area contributed by atoms with Crippen molar-refractivity contribution in [2.24, 2.45) is 0 Å². The molecule has 0 heterocycles. The van der Waals surface area contributed by atoms with E-state index in [1.165, 1.54) is 5.56 Å². The minimum Gasteiger partial charge on any atom is -0.390 e. The Kier molecular flexibility index (Phi) is 6.44. The molecule has 0 saturated carbocycles. The van der Waals surface area contributed by atoms with Gasteiger partial charge in [-0.05, 0) is 36.2 Å². The average Bonchev–Trinajstić information content (AvgIpc) is 2.60. The van der Waals surface area contributed by atoms with Crippen molar-refractivity contribution in [1.82, 2.24) is 0 Å². The first-order valence-corrected chi connectivity index (χ1v) is 8.14. The van der Waals surface area contributed by atoms with Gasteiger partial charge in [-0.3, -0.25) is 4.79 Å². The zero-order valence-electron chi connectivity index (χ0n) is 13.1. The number of hydrogen-bond donors (Lipinski definition) is 3. The van der Waals surface area contributed by atoms with E-state index in [0.717, 1.165) is 12.1 Å². The van der Waals surface area contributed by atoms with Gasteiger partial charge in [0, 0.05) is 17.9 Å². The molecular formula is C18H21ClN2O2. The zero-order valence-corrected chi connectivity index (χ0v) is 13.8. The third-order valence-corrected chi connectivity index (χ3v) is 3.85. The molecule has 0 spiro atoms. The molecule has 0 aliphatic carbocycles. The van der Waals surface area contributed by atoms with Gasteiger partial charge in [0.15, 0.2) is 0 Å². The molecular weight excluding hydrogens is 312 g/mol. The summed E-state index contributed by atoms with van der Waals surface area (Å²) in [6, 6.07) is 15.0. The molecule has 0 saturated heterocycles. The van der Waals surface area contributed by atoms with E-state index in [9.17, 15) is 9.90 Å². The van der Waals surface area contributed by atoms with E-state index < -0.39 is 6.10 Å². The number of benzene rings is 2. The lowest BCUT2D eigenvalue weighted by molar-refractivity contribution is 0.102. The van der Waals surface area contributed by atoms with Gasteiger partial charge in [-0.1, -0.05) is 31.2 Å². The predicted molar refractivity (Wildman–Crippen MR) is 95.4 cm³/mol. The van der Waals surface area contributed by atoms with Crippen LogP contribution >= 0.6 is 11.6 Å². The fourth-order valence-electron chi connectivity index (χ4n) is 2.14. The minimum atomic E-state index is -0.658. The van der Waals surface area contributed by atoms with Gasteiger partial charge >= 0.3 is 0 Å². The number of carbonyl (C=O) groups is 1. The van der Waals surface area contributed by atoms with E-state index in [-0.39, 0.29) is 11.8 Å². The van der Waals surface area contributed by atoms with Crippen molar-refractivity contribution in [3.8, 4) is 0 Å². The van der Waals surface area contributed by atoms with E-state index in [2.05, 4.69) is 17.6 Å². The Labute approximate surface area is 141 Å². The van der Waals surface area contributed by atoms with Crippen molar-refractivity contribution in [1.29, 1.82) is 0 Å². The van der Waals surface area contributed by atoms with E-state index in [1.54, 1.807) is 18.2 Å². The monoisotopic (exact) mass is 332 g/mol. The molecule has 0 radical (unpaired) electrons. The molecule has 1 unspecified atom stereocenters. The number of halogens is 1. The van der Waals surface area contributed by atoms with Gasteiger partial charge in [0.1, 0.15) is 0 Å². The summed E-state index contributed by atoms with van der Waals surface area (Å²) in [5.74, 6) is -0.0526. The van der Waals surface area contributed by atoms with Crippen LogP contribution in [0.5, 0.6) is 0 Å². The maximum absolute atomic E-state index is 12.5. The Morgan fingerprint density at radius 1 is 1.17 bits per heavy atom. The topological polar surface area (TPSA) is 61.4 Å². The second-order valence-corrected chi connectivity index (χ2v) is 5.55. The summed E-state index contributed by atoms with van der Waals surface area (Å²) in [5.41, 5.74) is 3.16. The molecule has 1 atom stereocenters. The van der Waals surface area contributed by atoms with Crippen molar-refractivity contribution in [3.63, 3.8) is 0 Å². The molecule has 0 fully saturated rings. The fraction of sp³-hybridized carbons (Fsp3) is 0.278. The molecule has 0 aromatic heterocycles. The normalized spacial score (nSPS) is 11.8. The highest BCUT2D eigenvalue weighted by molar-refractivity contribution is 6.18. The maximum Gasteiger partial charge on any atom is 0.257 e. The molecule has 2 aromatic carbocycles. The van der Waals surface area contributed by atoms with E-state index in [4.69, 9.17) is 11.6 Å². The molecule has 122 valence electrons. The standard InChI is InChI=1S/C18H21ClN2O2/c1-2-13-7-9-14(10-8-13)21-18(23)16-5-3-4-6-17(16)20-12-15(22)11-19/h3-10,15,20,22H,2,11-12H2,1H3,(H,21,23). The van der Waals surface area contributed by atoms with E-state index in [0.29, 0.717) is 17.8 Å². The fourth-order valence-corrected chi connectivity index (χ4v) is 2.25. The summed E-state index contributed by atoms with van der Waals surface area (Å²) in [6.45, 7) is 2.38. The molecule has 0 bridgehead atoms. The predicted octanol–water partition coefficient (Wildman–Crippen LogP) is 3.51. The summed E-state index contributed by atoms with van der Waals surface area (Å²) >= 11 is 5.58. The highest BCUT2D eigenvalue weighted by atomic mass is 35.5. The van der Waals surface area contributed by atoms with Gasteiger partial charge in [0.25, 0.3) is 5.91 Å². The summed E-state index contributed by atoms with van der Waals surface area (Å²) in [5, 5.41) is 15.5. The van der Waals surface area contributed by atoms with Gasteiger partial charge in [-0.2, -0.15) is 0 Å². The lowest BCUT2D eigenvalue weighted by atomic mass is 10.1. The van der Waals surface area contributed by atoms with Crippen LogP contribution in [0.3, 0.4) is 0 Å². The quantitative estimate of drug-likeness (QED) is 0.680. The van der Waals surface area contributed by atoms with E-state index >= 15 is 0 Å². The lowest BCUT2D eigenvalue weighted by Gasteiger charge is -2.14. The van der Waals surface area contributed by atoms with Gasteiger partial charge < -0.3 is 15.7 Å². The summed E-state index contributed by atoms with van der Waals surface area (Å²) in [6.07, 6.45) is 0.304. The molecule has 23 heavy (non-hydrogen) atoms. The molecule has 0 aliphatic heterocycles. The number of aliphatic hydroxyl groups is 1. The van der Waals surface area contributed by atoms with Crippen molar-refractivity contribution in [3.05, 3.63) is 59.7 Å². The number of rotatable bonds is 7. The zero-order chi connectivity index (χ0) is 16.7. The Morgan fingerprint density at radius 3 is 2.52 bits per heavy atom. The van der Waals surface area contributed by atoms with Crippen LogP contribution in [-0.2, 0) is 6.42 Å². The highest BCUT2D eigenvalue weighted by Crippen LogP contribution is 2.18. The molecule has 5 heteroatoms. The third kappa shape index (κ3) is 4.98. The SMILES string of the molecule is CCc1ccc(NC(=O)c2ccccc2NCC(O)CCl)cc1. The number of anilines is 2. The van der Waals surface area contributed by atoms with Crippen molar-refractivity contribution in [2.75, 3.05) is 23.1 Å². The first kappa shape index (κ1) is 17.3. The molecule has 2 aromatic rings. The number of carbonyl (C=O) groups excluding carboxylic acids is 1. The van der Waals surface area contributed by atoms with Gasteiger partial charge in [-0.25, -0.2) is 0 Å². The lowest BCUT2D eigenvalue weighted by Crippen LogP contribution is -2.22. The number of alkyl halides is 1. The first-order valence-electron chi connectivity index (χ1n) is 7.61. The van der Waals surface area contributed by atoms with Crippen LogP contribution < -0.4 is 10.6 Å². The molecule has 4 nitrogen and oxygen atoms in total. The molecule has 3 N–H and O–H groups in total. The van der Waals surface area contributed by atoms with Crippen LogP contribution in [0.25, 0.3) is 0 Å². The number of amides is 1. The van der Waals surface area contributed by atoms with Gasteiger partial charge in [-0.15, -0.1) is 11.6 Å². The molecule has 0 aliphatic rings. The number of aryl methyl sites for hydroxylation is 1. The Morgan fingerprint density at radius 2 is 1.87 bits per heavy atom. The first-order chi connectivity index (χ1) is 11.1. The van der Waals surface area contributed by atoms with Gasteiger partial charge in [0.05, 0.1) is 17.5 Å². The van der Waals surface area contributed by atoms with Crippen molar-refractivity contribution >= 4 is 28.9 Å². The maximum atomic E-state index is 12.5. The summed E-state index contributed by atoms with van der Waals surface area (Å²) in [4.78, 5) is 12.5. The largest absolute Gasteiger partial charge is 0.390 e. The third-order valence-electron chi connectivity index (χ3n) is 3.50. The van der Waals surface area contributed by atoms with Crippen molar-refractivity contribution < 1.29 is 9.90 Å². The molecule has 1 amide bonds. The number of hydrogen-bond acceptors (Lipinski definition) is 3. The highest BCUT2D eigenvalue weighted by Gasteiger charge is 2.12. The number of para-hydroxylation sites is 1. The minimum absolute atomic E-state index is 0.144. The summed E-state index contributed by atoms with van der Waals surface area (Å²) in [7, 11) is 0. The Hall–Kier alpha value is -2.04. The number of nitrogens with one attached hydrogen (secondary N) is 2. The Balaban J connectivity index is 2.08. The van der Waals surface area contributed by atoms with E-state index in [1.807, 2.05) is 30.3 Å². The summed E-state index contributed by atoms with van der Waals surface area (Å²) < 4.78 is 0. The molecule has 2 rings (SSSR count). The Bertz CT molecular complexity index is 644. The smallest absolute Gasteiger partial charge is 0.257 e. The van der Waals surface area contributed by atoms with Crippen LogP contribution in [0.15, 0.2) is 48.5 Å². The number of aliphatic hydroxyl groups excluding tert-OH is 1. The van der Waals surface area contributed by atoms with Gasteiger partial charge in [0.2, 0.25) is 0 Å². The van der Waals surface area contributed by atoms with Crippen molar-refractivity contribution in [2.45, 2.75) is 19.4 Å². The second-order valence-electron chi connectivity index (χ2n) is 5.24. The second kappa shape index (κ2) is 8.56.